The van der Waals surface area contributed by atoms with Gasteiger partial charge in [-0.1, -0.05) is 15.9 Å². The summed E-state index contributed by atoms with van der Waals surface area (Å²) in [6.45, 7) is 1.43. The maximum atomic E-state index is 9.93. The molecule has 0 amide bonds. The summed E-state index contributed by atoms with van der Waals surface area (Å²) in [6, 6.07) is 5.60. The SMILES string of the molecule is Oc1[nH]c2ccc(Br)cc2c1N=NC(=S)NC[C@@H]1CCCO1. The maximum Gasteiger partial charge on any atom is 0.218 e. The summed E-state index contributed by atoms with van der Waals surface area (Å²) in [7, 11) is 0. The number of halogens is 1. The summed E-state index contributed by atoms with van der Waals surface area (Å²) in [5, 5.41) is 22.0. The Hall–Kier alpha value is -1.51. The van der Waals surface area contributed by atoms with Gasteiger partial charge in [-0.05, 0) is 43.3 Å². The lowest BCUT2D eigenvalue weighted by Crippen LogP contribution is -2.29. The minimum atomic E-state index is -0.0289. The van der Waals surface area contributed by atoms with Gasteiger partial charge in [0.25, 0.3) is 0 Å². The monoisotopic (exact) mass is 382 g/mol. The van der Waals surface area contributed by atoms with E-state index in [4.69, 9.17) is 17.0 Å². The fourth-order valence-electron chi connectivity index (χ4n) is 2.37. The number of ether oxygens (including phenoxy) is 1. The molecule has 1 atom stereocenters. The van der Waals surface area contributed by atoms with Crippen LogP contribution in [0.5, 0.6) is 5.88 Å². The van der Waals surface area contributed by atoms with Crippen LogP contribution in [-0.4, -0.2) is 34.5 Å². The average molecular weight is 383 g/mol. The fraction of sp³-hybridized carbons (Fsp3) is 0.357. The topological polar surface area (TPSA) is 82.0 Å². The van der Waals surface area contributed by atoms with Crippen molar-refractivity contribution >= 4 is 49.9 Å². The molecule has 0 spiro atoms. The van der Waals surface area contributed by atoms with Gasteiger partial charge in [-0.15, -0.1) is 10.2 Å². The number of aromatic hydroxyl groups is 1. The third-order valence-electron chi connectivity index (χ3n) is 3.46. The van der Waals surface area contributed by atoms with Crippen LogP contribution in [0.25, 0.3) is 10.9 Å². The molecule has 0 bridgehead atoms. The van der Waals surface area contributed by atoms with Crippen molar-refractivity contribution in [3.8, 4) is 5.88 Å². The van der Waals surface area contributed by atoms with Gasteiger partial charge in [0.15, 0.2) is 5.69 Å². The molecule has 1 aliphatic heterocycles. The fourth-order valence-corrected chi connectivity index (χ4v) is 2.86. The smallest absolute Gasteiger partial charge is 0.218 e. The van der Waals surface area contributed by atoms with Crippen molar-refractivity contribution in [1.82, 2.24) is 10.3 Å². The first kappa shape index (κ1) is 15.4. The molecule has 1 aliphatic rings. The van der Waals surface area contributed by atoms with E-state index in [1.54, 1.807) is 0 Å². The third kappa shape index (κ3) is 3.45. The van der Waals surface area contributed by atoms with Crippen molar-refractivity contribution < 1.29 is 9.84 Å². The number of fused-ring (bicyclic) bond motifs is 1. The van der Waals surface area contributed by atoms with Crippen LogP contribution in [0.4, 0.5) is 5.69 Å². The molecule has 0 unspecified atom stereocenters. The molecule has 2 aromatic rings. The first-order valence-electron chi connectivity index (χ1n) is 6.95. The van der Waals surface area contributed by atoms with Crippen LogP contribution >= 0.6 is 28.1 Å². The first-order valence-corrected chi connectivity index (χ1v) is 8.15. The van der Waals surface area contributed by atoms with Crippen LogP contribution < -0.4 is 5.32 Å². The zero-order chi connectivity index (χ0) is 15.5. The van der Waals surface area contributed by atoms with Gasteiger partial charge >= 0.3 is 0 Å². The molecule has 1 aromatic carbocycles. The van der Waals surface area contributed by atoms with E-state index in [2.05, 4.69) is 36.5 Å². The summed E-state index contributed by atoms with van der Waals surface area (Å²) in [4.78, 5) is 2.85. The maximum absolute atomic E-state index is 9.93. The van der Waals surface area contributed by atoms with Gasteiger partial charge in [0.2, 0.25) is 11.0 Å². The molecule has 3 rings (SSSR count). The first-order chi connectivity index (χ1) is 10.6. The summed E-state index contributed by atoms with van der Waals surface area (Å²) in [5.74, 6) is -0.0289. The highest BCUT2D eigenvalue weighted by atomic mass is 79.9. The molecule has 3 N–H and O–H groups in total. The molecule has 2 heterocycles. The lowest BCUT2D eigenvalue weighted by molar-refractivity contribution is 0.114. The number of H-pyrrole nitrogens is 1. The van der Waals surface area contributed by atoms with Crippen LogP contribution in [0.15, 0.2) is 32.9 Å². The Balaban J connectivity index is 1.70. The summed E-state index contributed by atoms with van der Waals surface area (Å²) in [6.07, 6.45) is 2.30. The molecule has 116 valence electrons. The van der Waals surface area contributed by atoms with Gasteiger partial charge in [0, 0.05) is 23.0 Å². The molecule has 0 radical (unpaired) electrons. The number of thiocarbonyl (C=S) groups is 1. The van der Waals surface area contributed by atoms with E-state index in [1.807, 2.05) is 18.2 Å². The third-order valence-corrected chi connectivity index (χ3v) is 4.18. The second kappa shape index (κ2) is 6.72. The van der Waals surface area contributed by atoms with Crippen molar-refractivity contribution in [2.24, 2.45) is 10.2 Å². The van der Waals surface area contributed by atoms with E-state index in [0.717, 1.165) is 34.8 Å². The van der Waals surface area contributed by atoms with E-state index < -0.39 is 0 Å². The van der Waals surface area contributed by atoms with Crippen LogP contribution in [0, 0.1) is 0 Å². The van der Waals surface area contributed by atoms with Gasteiger partial charge in [0.05, 0.1) is 11.6 Å². The molecule has 1 fully saturated rings. The van der Waals surface area contributed by atoms with Crippen molar-refractivity contribution in [1.29, 1.82) is 0 Å². The van der Waals surface area contributed by atoms with Gasteiger partial charge in [0.1, 0.15) is 0 Å². The van der Waals surface area contributed by atoms with Crippen LogP contribution in [0.3, 0.4) is 0 Å². The molecule has 1 aromatic heterocycles. The second-order valence-corrected chi connectivity index (χ2v) is 6.34. The minimum Gasteiger partial charge on any atom is -0.493 e. The van der Waals surface area contributed by atoms with Crippen molar-refractivity contribution in [2.45, 2.75) is 18.9 Å². The van der Waals surface area contributed by atoms with Crippen LogP contribution in [0.2, 0.25) is 0 Å². The van der Waals surface area contributed by atoms with Gasteiger partial charge < -0.3 is 20.1 Å². The lowest BCUT2D eigenvalue weighted by atomic mass is 10.2. The highest BCUT2D eigenvalue weighted by molar-refractivity contribution is 9.10. The Bertz CT molecular complexity index is 725. The van der Waals surface area contributed by atoms with Crippen molar-refractivity contribution in [2.75, 3.05) is 13.2 Å². The number of aromatic nitrogens is 1. The molecule has 0 saturated carbocycles. The zero-order valence-electron chi connectivity index (χ0n) is 11.7. The Morgan fingerprint density at radius 1 is 1.55 bits per heavy atom. The van der Waals surface area contributed by atoms with Crippen molar-refractivity contribution in [3.05, 3.63) is 22.7 Å². The Labute approximate surface area is 141 Å². The molecular formula is C14H15BrN4O2S. The standard InChI is InChI=1S/C14H15BrN4O2S/c15-8-3-4-11-10(6-8)12(13(20)17-11)18-19-14(22)16-7-9-2-1-5-21-9/h3-4,6,9,17,20H,1-2,5,7H2,(H,16,22)/t9-/m0/s1. The average Bonchev–Trinajstić information content (AvgIpc) is 3.10. The van der Waals surface area contributed by atoms with E-state index in [-0.39, 0.29) is 17.1 Å². The molecule has 8 heteroatoms. The van der Waals surface area contributed by atoms with Crippen LogP contribution in [-0.2, 0) is 4.74 Å². The molecular weight excluding hydrogens is 368 g/mol. The Morgan fingerprint density at radius 2 is 2.41 bits per heavy atom. The molecule has 22 heavy (non-hydrogen) atoms. The van der Waals surface area contributed by atoms with E-state index >= 15 is 0 Å². The number of benzene rings is 1. The predicted molar refractivity (Wildman–Crippen MR) is 91.8 cm³/mol. The largest absolute Gasteiger partial charge is 0.493 e. The number of nitrogens with zero attached hydrogens (tertiary/aromatic N) is 2. The molecule has 1 saturated heterocycles. The predicted octanol–water partition coefficient (Wildman–Crippen LogP) is 3.77. The van der Waals surface area contributed by atoms with E-state index in [9.17, 15) is 5.11 Å². The number of hydrogen-bond donors (Lipinski definition) is 3. The molecule has 0 aliphatic carbocycles. The number of aromatic amines is 1. The summed E-state index contributed by atoms with van der Waals surface area (Å²) in [5.41, 5.74) is 1.16. The lowest BCUT2D eigenvalue weighted by Gasteiger charge is -2.09. The van der Waals surface area contributed by atoms with Gasteiger partial charge in [-0.3, -0.25) is 0 Å². The quantitative estimate of drug-likeness (QED) is 0.557. The second-order valence-electron chi connectivity index (χ2n) is 5.03. The van der Waals surface area contributed by atoms with Crippen LogP contribution in [0.1, 0.15) is 12.8 Å². The van der Waals surface area contributed by atoms with Gasteiger partial charge in [-0.25, -0.2) is 0 Å². The normalized spacial score (nSPS) is 18.3. The van der Waals surface area contributed by atoms with Gasteiger partial charge in [-0.2, -0.15) is 0 Å². The summed E-state index contributed by atoms with van der Waals surface area (Å²) >= 11 is 8.52. The molecule has 6 nitrogen and oxygen atoms in total. The Morgan fingerprint density at radius 3 is 3.18 bits per heavy atom. The van der Waals surface area contributed by atoms with E-state index in [1.165, 1.54) is 0 Å². The van der Waals surface area contributed by atoms with Crippen molar-refractivity contribution in [3.63, 3.8) is 0 Å². The number of nitrogens with one attached hydrogen (secondary N) is 2. The highest BCUT2D eigenvalue weighted by Gasteiger charge is 2.15. The highest BCUT2D eigenvalue weighted by Crippen LogP contribution is 2.36. The number of hydrogen-bond acceptors (Lipinski definition) is 4. The zero-order valence-corrected chi connectivity index (χ0v) is 14.1. The number of rotatable bonds is 3. The number of azo groups is 1. The Kier molecular flexibility index (Phi) is 4.70. The minimum absolute atomic E-state index is 0.0289. The summed E-state index contributed by atoms with van der Waals surface area (Å²) < 4.78 is 6.40. The van der Waals surface area contributed by atoms with E-state index in [0.29, 0.717) is 12.2 Å².